The number of hydrogen-bond donors (Lipinski definition) is 2. The second-order valence-corrected chi connectivity index (χ2v) is 3.95. The highest BCUT2D eigenvalue weighted by Gasteiger charge is 2.14. The van der Waals surface area contributed by atoms with Gasteiger partial charge in [0.1, 0.15) is 11.6 Å². The summed E-state index contributed by atoms with van der Waals surface area (Å²) in [5, 5.41) is 0. The van der Waals surface area contributed by atoms with E-state index in [0.29, 0.717) is 11.2 Å². The van der Waals surface area contributed by atoms with Crippen molar-refractivity contribution in [3.63, 3.8) is 0 Å². The molecule has 3 rings (SSSR count). The van der Waals surface area contributed by atoms with Gasteiger partial charge in [0.15, 0.2) is 23.1 Å². The largest absolute Gasteiger partial charge is 0.384 e. The van der Waals surface area contributed by atoms with Gasteiger partial charge >= 0.3 is 0 Å². The first-order valence-corrected chi connectivity index (χ1v) is 5.32. The summed E-state index contributed by atoms with van der Waals surface area (Å²) < 4.78 is 39.2. The molecule has 0 aliphatic carbocycles. The van der Waals surface area contributed by atoms with Crippen LogP contribution < -0.4 is 5.73 Å². The minimum absolute atomic E-state index is 0.0907. The van der Waals surface area contributed by atoms with Crippen LogP contribution in [0.3, 0.4) is 0 Å². The Labute approximate surface area is 105 Å². The summed E-state index contributed by atoms with van der Waals surface area (Å²) in [6.07, 6.45) is 0. The van der Waals surface area contributed by atoms with Crippen molar-refractivity contribution in [2.45, 2.75) is 0 Å². The van der Waals surface area contributed by atoms with Crippen molar-refractivity contribution in [1.29, 1.82) is 0 Å². The van der Waals surface area contributed by atoms with E-state index >= 15 is 0 Å². The number of aromatic nitrogens is 3. The summed E-state index contributed by atoms with van der Waals surface area (Å²) in [6, 6.07) is 4.93. The van der Waals surface area contributed by atoms with Crippen LogP contribution in [0.5, 0.6) is 0 Å². The zero-order chi connectivity index (χ0) is 13.6. The van der Waals surface area contributed by atoms with Crippen molar-refractivity contribution in [3.05, 3.63) is 41.7 Å². The van der Waals surface area contributed by atoms with E-state index in [4.69, 9.17) is 5.73 Å². The number of pyridine rings is 1. The number of nitrogen functional groups attached to an aromatic ring is 1. The van der Waals surface area contributed by atoms with Gasteiger partial charge in [0.2, 0.25) is 0 Å². The van der Waals surface area contributed by atoms with Crippen LogP contribution in [0.2, 0.25) is 0 Å². The molecular formula is C12H7F3N4. The van der Waals surface area contributed by atoms with Crippen LogP contribution in [0, 0.1) is 17.5 Å². The summed E-state index contributed by atoms with van der Waals surface area (Å²) in [5.41, 5.74) is 6.48. The quantitative estimate of drug-likeness (QED) is 0.664. The Kier molecular flexibility index (Phi) is 2.41. The van der Waals surface area contributed by atoms with E-state index in [0.717, 1.165) is 12.1 Å². The average molecular weight is 264 g/mol. The molecule has 4 nitrogen and oxygen atoms in total. The Morgan fingerprint density at radius 2 is 1.68 bits per heavy atom. The first kappa shape index (κ1) is 11.5. The summed E-state index contributed by atoms with van der Waals surface area (Å²) in [6.45, 7) is 0. The second kappa shape index (κ2) is 3.98. The molecule has 3 aromatic rings. The number of halogens is 3. The van der Waals surface area contributed by atoms with E-state index in [2.05, 4.69) is 15.0 Å². The molecule has 0 fully saturated rings. The average Bonchev–Trinajstić information content (AvgIpc) is 2.78. The zero-order valence-electron chi connectivity index (χ0n) is 9.42. The maximum atomic E-state index is 13.2. The molecule has 0 aliphatic heterocycles. The molecule has 0 unspecified atom stereocenters. The Hall–Kier alpha value is -2.57. The van der Waals surface area contributed by atoms with Gasteiger partial charge in [0, 0.05) is 5.56 Å². The van der Waals surface area contributed by atoms with Gasteiger partial charge in [-0.25, -0.2) is 23.1 Å². The van der Waals surface area contributed by atoms with E-state index in [9.17, 15) is 13.2 Å². The van der Waals surface area contributed by atoms with E-state index in [1.165, 1.54) is 0 Å². The van der Waals surface area contributed by atoms with E-state index in [1.54, 1.807) is 12.1 Å². The summed E-state index contributed by atoms with van der Waals surface area (Å²) >= 11 is 0. The number of benzene rings is 1. The molecule has 0 radical (unpaired) electrons. The molecular weight excluding hydrogens is 257 g/mol. The fraction of sp³-hybridized carbons (Fsp3) is 0. The van der Waals surface area contributed by atoms with Crippen LogP contribution in [0.15, 0.2) is 24.3 Å². The number of rotatable bonds is 1. The molecule has 0 saturated heterocycles. The molecule has 1 aromatic carbocycles. The Bertz CT molecular complexity index is 759. The maximum absolute atomic E-state index is 13.2. The lowest BCUT2D eigenvalue weighted by molar-refractivity contribution is 0.447. The summed E-state index contributed by atoms with van der Waals surface area (Å²) in [5.74, 6) is -3.60. The van der Waals surface area contributed by atoms with Gasteiger partial charge in [-0.1, -0.05) is 0 Å². The molecule has 0 bridgehead atoms. The van der Waals surface area contributed by atoms with Crippen LogP contribution in [-0.2, 0) is 0 Å². The lowest BCUT2D eigenvalue weighted by atomic mass is 10.2. The highest BCUT2D eigenvalue weighted by Crippen LogP contribution is 2.23. The SMILES string of the molecule is Nc1ccc2[nH]c(-c3cc(F)c(F)c(F)c3)nc2n1. The van der Waals surface area contributed by atoms with Crippen molar-refractivity contribution < 1.29 is 13.2 Å². The molecule has 3 N–H and O–H groups in total. The van der Waals surface area contributed by atoms with Crippen LogP contribution >= 0.6 is 0 Å². The van der Waals surface area contributed by atoms with Gasteiger partial charge in [0.05, 0.1) is 5.52 Å². The molecule has 0 atom stereocenters. The third-order valence-corrected chi connectivity index (χ3v) is 2.62. The molecule has 2 heterocycles. The normalized spacial score (nSPS) is 11.1. The van der Waals surface area contributed by atoms with Crippen molar-refractivity contribution in [3.8, 4) is 11.4 Å². The van der Waals surface area contributed by atoms with Crippen LogP contribution in [0.1, 0.15) is 0 Å². The van der Waals surface area contributed by atoms with E-state index in [1.807, 2.05) is 0 Å². The fourth-order valence-electron chi connectivity index (χ4n) is 1.74. The van der Waals surface area contributed by atoms with Crippen LogP contribution in [-0.4, -0.2) is 15.0 Å². The standard InChI is InChI=1S/C12H7F3N4/c13-6-3-5(4-7(14)10(6)15)11-17-8-1-2-9(16)18-12(8)19-11/h1-4H,(H3,16,17,18,19). The van der Waals surface area contributed by atoms with Gasteiger partial charge in [-0.15, -0.1) is 0 Å². The molecule has 0 amide bonds. The Balaban J connectivity index is 2.19. The molecule has 0 aliphatic rings. The fourth-order valence-corrected chi connectivity index (χ4v) is 1.74. The lowest BCUT2D eigenvalue weighted by Gasteiger charge is -1.99. The number of nitrogens with two attached hydrogens (primary N) is 1. The van der Waals surface area contributed by atoms with Crippen molar-refractivity contribution in [1.82, 2.24) is 15.0 Å². The summed E-state index contributed by atoms with van der Waals surface area (Å²) in [4.78, 5) is 10.8. The lowest BCUT2D eigenvalue weighted by Crippen LogP contribution is -1.92. The number of fused-ring (bicyclic) bond motifs is 1. The molecule has 7 heteroatoms. The van der Waals surface area contributed by atoms with Crippen molar-refractivity contribution in [2.75, 3.05) is 5.73 Å². The Morgan fingerprint density at radius 3 is 2.37 bits per heavy atom. The predicted molar refractivity (Wildman–Crippen MR) is 63.6 cm³/mol. The van der Waals surface area contributed by atoms with Crippen molar-refractivity contribution in [2.24, 2.45) is 0 Å². The number of aromatic amines is 1. The highest BCUT2D eigenvalue weighted by atomic mass is 19.2. The molecule has 19 heavy (non-hydrogen) atoms. The minimum atomic E-state index is -1.51. The molecule has 96 valence electrons. The Morgan fingerprint density at radius 1 is 1.00 bits per heavy atom. The third-order valence-electron chi connectivity index (χ3n) is 2.62. The zero-order valence-corrected chi connectivity index (χ0v) is 9.42. The molecule has 2 aromatic heterocycles. The van der Waals surface area contributed by atoms with Crippen molar-refractivity contribution >= 4 is 17.0 Å². The number of imidazole rings is 1. The summed E-state index contributed by atoms with van der Waals surface area (Å²) in [7, 11) is 0. The number of nitrogens with one attached hydrogen (secondary N) is 1. The third kappa shape index (κ3) is 1.88. The maximum Gasteiger partial charge on any atom is 0.194 e. The van der Waals surface area contributed by atoms with Gasteiger partial charge in [-0.3, -0.25) is 0 Å². The van der Waals surface area contributed by atoms with Crippen LogP contribution in [0.4, 0.5) is 19.0 Å². The number of H-pyrrole nitrogens is 1. The first-order chi connectivity index (χ1) is 9.04. The second-order valence-electron chi connectivity index (χ2n) is 3.95. The predicted octanol–water partition coefficient (Wildman–Crippen LogP) is 2.62. The number of hydrogen-bond acceptors (Lipinski definition) is 3. The van der Waals surface area contributed by atoms with Gasteiger partial charge in [0.25, 0.3) is 0 Å². The topological polar surface area (TPSA) is 67.6 Å². The minimum Gasteiger partial charge on any atom is -0.384 e. The monoisotopic (exact) mass is 264 g/mol. The molecule has 0 spiro atoms. The molecule has 0 saturated carbocycles. The van der Waals surface area contributed by atoms with Gasteiger partial charge < -0.3 is 10.7 Å². The van der Waals surface area contributed by atoms with E-state index in [-0.39, 0.29) is 17.2 Å². The van der Waals surface area contributed by atoms with Crippen LogP contribution in [0.25, 0.3) is 22.6 Å². The van der Waals surface area contributed by atoms with Gasteiger partial charge in [-0.05, 0) is 24.3 Å². The highest BCUT2D eigenvalue weighted by molar-refractivity contribution is 5.77. The number of nitrogens with zero attached hydrogens (tertiary/aromatic N) is 2. The smallest absolute Gasteiger partial charge is 0.194 e. The number of anilines is 1. The van der Waals surface area contributed by atoms with Gasteiger partial charge in [-0.2, -0.15) is 0 Å². The van der Waals surface area contributed by atoms with E-state index < -0.39 is 17.5 Å². The first-order valence-electron chi connectivity index (χ1n) is 5.32.